The summed E-state index contributed by atoms with van der Waals surface area (Å²) in [6.45, 7) is 2.39. The molecule has 0 radical (unpaired) electrons. The molecule has 160 valence electrons. The number of benzene rings is 1. The number of ether oxygens (including phenoxy) is 1. The summed E-state index contributed by atoms with van der Waals surface area (Å²) in [5.74, 6) is 0.0958. The van der Waals surface area contributed by atoms with Crippen molar-refractivity contribution >= 4 is 28.5 Å². The second kappa shape index (κ2) is 9.37. The summed E-state index contributed by atoms with van der Waals surface area (Å²) in [6.07, 6.45) is 1.68. The molecule has 2 N–H and O–H groups in total. The predicted molar refractivity (Wildman–Crippen MR) is 127 cm³/mol. The minimum absolute atomic E-state index is 0.0947. The number of hydrogen-bond acceptors (Lipinski definition) is 8. The van der Waals surface area contributed by atoms with Crippen molar-refractivity contribution in [3.05, 3.63) is 69.2 Å². The Morgan fingerprint density at radius 2 is 1.91 bits per heavy atom. The van der Waals surface area contributed by atoms with Crippen molar-refractivity contribution in [3.8, 4) is 28.7 Å². The van der Waals surface area contributed by atoms with Crippen LogP contribution in [0.3, 0.4) is 0 Å². The molecule has 0 spiro atoms. The fourth-order valence-electron chi connectivity index (χ4n) is 3.20. The number of nitriles is 1. The summed E-state index contributed by atoms with van der Waals surface area (Å²) in [5.41, 5.74) is 10.5. The number of nitrogens with two attached hydrogens (primary N) is 1. The lowest BCUT2D eigenvalue weighted by Gasteiger charge is -2.10. The van der Waals surface area contributed by atoms with Crippen molar-refractivity contribution in [2.75, 3.05) is 12.8 Å². The molecule has 4 aromatic rings. The van der Waals surface area contributed by atoms with Crippen molar-refractivity contribution < 1.29 is 4.74 Å². The highest BCUT2D eigenvalue weighted by atomic mass is 127. The van der Waals surface area contributed by atoms with E-state index >= 15 is 0 Å². The monoisotopic (exact) mass is 538 g/mol. The number of hydrogen-bond donors (Lipinski definition) is 1. The summed E-state index contributed by atoms with van der Waals surface area (Å²) in [7, 11) is 1.65. The minimum atomic E-state index is -0.0947. The molecule has 3 aromatic heterocycles. The molecule has 1 aromatic carbocycles. The van der Waals surface area contributed by atoms with Gasteiger partial charge in [0, 0.05) is 16.2 Å². The lowest BCUT2D eigenvalue weighted by atomic mass is 10.0. The van der Waals surface area contributed by atoms with E-state index in [1.54, 1.807) is 30.1 Å². The van der Waals surface area contributed by atoms with Crippen LogP contribution in [0.15, 0.2) is 48.7 Å². The van der Waals surface area contributed by atoms with Crippen molar-refractivity contribution in [3.63, 3.8) is 0 Å². The van der Waals surface area contributed by atoms with Crippen LogP contribution in [-0.2, 0) is 11.3 Å². The normalized spacial score (nSPS) is 11.8. The first-order valence-electron chi connectivity index (χ1n) is 9.71. The molecular formula is C22H19IN8O. The third-order valence-electron chi connectivity index (χ3n) is 4.86. The van der Waals surface area contributed by atoms with Gasteiger partial charge in [0.2, 0.25) is 5.95 Å². The van der Waals surface area contributed by atoms with Gasteiger partial charge in [0.25, 0.3) is 0 Å². The van der Waals surface area contributed by atoms with E-state index in [-0.39, 0.29) is 12.1 Å². The van der Waals surface area contributed by atoms with Gasteiger partial charge in [-0.2, -0.15) is 5.26 Å². The average Bonchev–Trinajstić information content (AvgIpc) is 3.26. The van der Waals surface area contributed by atoms with Crippen LogP contribution in [0.1, 0.15) is 30.0 Å². The van der Waals surface area contributed by atoms with Crippen molar-refractivity contribution in [1.82, 2.24) is 29.9 Å². The molecule has 32 heavy (non-hydrogen) atoms. The molecule has 0 fully saturated rings. The zero-order valence-corrected chi connectivity index (χ0v) is 19.6. The van der Waals surface area contributed by atoms with Crippen LogP contribution in [0.5, 0.6) is 0 Å². The van der Waals surface area contributed by atoms with Gasteiger partial charge in [0.15, 0.2) is 0 Å². The number of nitrogen functional groups attached to an aromatic ring is 1. The smallest absolute Gasteiger partial charge is 0.221 e. The van der Waals surface area contributed by atoms with E-state index in [0.29, 0.717) is 34.8 Å². The number of aromatic nitrogens is 6. The Balaban J connectivity index is 1.65. The molecular weight excluding hydrogens is 519 g/mol. The third kappa shape index (κ3) is 4.58. The summed E-state index contributed by atoms with van der Waals surface area (Å²) in [5, 5.41) is 18.0. The van der Waals surface area contributed by atoms with Crippen LogP contribution in [0.25, 0.3) is 22.6 Å². The van der Waals surface area contributed by atoms with E-state index in [4.69, 9.17) is 10.5 Å². The van der Waals surface area contributed by atoms with Crippen LogP contribution in [0, 0.1) is 14.9 Å². The molecule has 0 amide bonds. The molecule has 0 bridgehead atoms. The van der Waals surface area contributed by atoms with E-state index in [9.17, 15) is 5.26 Å². The van der Waals surface area contributed by atoms with Gasteiger partial charge >= 0.3 is 0 Å². The molecule has 10 heteroatoms. The lowest BCUT2D eigenvalue weighted by molar-refractivity contribution is 0.116. The highest BCUT2D eigenvalue weighted by Gasteiger charge is 2.15. The van der Waals surface area contributed by atoms with E-state index < -0.39 is 0 Å². The number of rotatable bonds is 6. The first-order valence-corrected chi connectivity index (χ1v) is 10.8. The van der Waals surface area contributed by atoms with Gasteiger partial charge in [-0.15, -0.1) is 5.10 Å². The molecule has 3 heterocycles. The third-order valence-corrected chi connectivity index (χ3v) is 5.76. The largest absolute Gasteiger partial charge is 0.375 e. The average molecular weight is 538 g/mol. The van der Waals surface area contributed by atoms with Crippen LogP contribution < -0.4 is 5.73 Å². The standard InChI is InChI=1S/C22H19IN8O/c1-13(32-2)17-8-4-6-15(26-17)11-31-12-20(29-30-31)18-9-19(28-22(25)27-18)21-14(10-24)5-3-7-16(21)23/h3-9,12-13H,11H2,1-2H3,(H2,25,27,28). The first-order chi connectivity index (χ1) is 15.5. The lowest BCUT2D eigenvalue weighted by Crippen LogP contribution is -2.06. The Labute approximate surface area is 198 Å². The van der Waals surface area contributed by atoms with E-state index in [0.717, 1.165) is 15.0 Å². The zero-order valence-electron chi connectivity index (χ0n) is 17.4. The number of pyridine rings is 1. The number of anilines is 1. The van der Waals surface area contributed by atoms with E-state index in [1.165, 1.54) is 0 Å². The molecule has 9 nitrogen and oxygen atoms in total. The van der Waals surface area contributed by atoms with Crippen LogP contribution in [-0.4, -0.2) is 37.1 Å². The van der Waals surface area contributed by atoms with Crippen LogP contribution in [0.2, 0.25) is 0 Å². The van der Waals surface area contributed by atoms with Crippen molar-refractivity contribution in [2.45, 2.75) is 19.6 Å². The highest BCUT2D eigenvalue weighted by molar-refractivity contribution is 14.1. The van der Waals surface area contributed by atoms with Crippen molar-refractivity contribution in [2.24, 2.45) is 0 Å². The molecule has 4 rings (SSSR count). The second-order valence-corrected chi connectivity index (χ2v) is 8.17. The summed E-state index contributed by atoms with van der Waals surface area (Å²) >= 11 is 2.18. The topological polar surface area (TPSA) is 128 Å². The first kappa shape index (κ1) is 21.8. The minimum Gasteiger partial charge on any atom is -0.375 e. The van der Waals surface area contributed by atoms with Gasteiger partial charge in [0.05, 0.1) is 53.3 Å². The summed E-state index contributed by atoms with van der Waals surface area (Å²) in [6, 6.07) is 15.3. The highest BCUT2D eigenvalue weighted by Crippen LogP contribution is 2.30. The maximum absolute atomic E-state index is 9.51. The van der Waals surface area contributed by atoms with E-state index in [1.807, 2.05) is 37.3 Å². The van der Waals surface area contributed by atoms with Gasteiger partial charge in [-0.1, -0.05) is 17.3 Å². The molecule has 0 aliphatic carbocycles. The maximum Gasteiger partial charge on any atom is 0.221 e. The summed E-state index contributed by atoms with van der Waals surface area (Å²) in [4.78, 5) is 13.3. The quantitative estimate of drug-likeness (QED) is 0.369. The Morgan fingerprint density at radius 1 is 1.12 bits per heavy atom. The van der Waals surface area contributed by atoms with Crippen LogP contribution >= 0.6 is 22.6 Å². The van der Waals surface area contributed by atoms with Crippen molar-refractivity contribution in [1.29, 1.82) is 5.26 Å². The second-order valence-electron chi connectivity index (χ2n) is 7.00. The van der Waals surface area contributed by atoms with Gasteiger partial charge in [-0.05, 0) is 59.8 Å². The summed E-state index contributed by atoms with van der Waals surface area (Å²) < 4.78 is 7.92. The molecule has 0 saturated heterocycles. The van der Waals surface area contributed by atoms with Gasteiger partial charge in [0.1, 0.15) is 5.69 Å². The molecule has 1 unspecified atom stereocenters. The Kier molecular flexibility index (Phi) is 6.38. The van der Waals surface area contributed by atoms with Gasteiger partial charge < -0.3 is 10.5 Å². The Morgan fingerprint density at radius 3 is 2.69 bits per heavy atom. The maximum atomic E-state index is 9.51. The Hall–Kier alpha value is -3.43. The number of methoxy groups -OCH3 is 1. The number of halogens is 1. The fourth-order valence-corrected chi connectivity index (χ4v) is 3.97. The molecule has 0 aliphatic rings. The molecule has 1 atom stereocenters. The fraction of sp³-hybridized carbons (Fsp3) is 0.182. The predicted octanol–water partition coefficient (Wildman–Crippen LogP) is 3.61. The molecule has 0 aliphatic heterocycles. The SMILES string of the molecule is COC(C)c1cccc(Cn2cc(-c3cc(-c4c(I)cccc4C#N)nc(N)n3)nn2)n1. The Bertz CT molecular complexity index is 1310. The van der Waals surface area contributed by atoms with Gasteiger partial charge in [-0.25, -0.2) is 14.6 Å². The molecule has 0 saturated carbocycles. The number of nitrogens with zero attached hydrogens (tertiary/aromatic N) is 7. The van der Waals surface area contributed by atoms with Crippen LogP contribution in [0.4, 0.5) is 5.95 Å². The van der Waals surface area contributed by atoms with E-state index in [2.05, 4.69) is 53.9 Å². The zero-order chi connectivity index (χ0) is 22.7. The van der Waals surface area contributed by atoms with Gasteiger partial charge in [-0.3, -0.25) is 4.98 Å².